The quantitative estimate of drug-likeness (QED) is 0.702. The number of H-pyrrole nitrogens is 1. The first-order chi connectivity index (χ1) is 12.0. The Bertz CT molecular complexity index is 850. The van der Waals surface area contributed by atoms with Gasteiger partial charge in [-0.1, -0.05) is 30.3 Å². The Morgan fingerprint density at radius 2 is 1.80 bits per heavy atom. The molecule has 2 N–H and O–H groups in total. The summed E-state index contributed by atoms with van der Waals surface area (Å²) in [6.07, 6.45) is 2.43. The molecule has 0 aliphatic heterocycles. The van der Waals surface area contributed by atoms with E-state index < -0.39 is 0 Å². The summed E-state index contributed by atoms with van der Waals surface area (Å²) < 4.78 is 5.65. The van der Waals surface area contributed by atoms with Crippen molar-refractivity contribution < 1.29 is 9.53 Å². The fourth-order valence-corrected chi connectivity index (χ4v) is 2.93. The van der Waals surface area contributed by atoms with Crippen LogP contribution in [0.15, 0.2) is 54.7 Å². The van der Waals surface area contributed by atoms with Gasteiger partial charge in [-0.2, -0.15) is 0 Å². The smallest absolute Gasteiger partial charge is 0.224 e. The van der Waals surface area contributed by atoms with Gasteiger partial charge in [0.1, 0.15) is 5.75 Å². The molecule has 130 valence electrons. The van der Waals surface area contributed by atoms with Gasteiger partial charge in [-0.05, 0) is 50.1 Å². The lowest BCUT2D eigenvalue weighted by Crippen LogP contribution is -2.28. The van der Waals surface area contributed by atoms with Crippen LogP contribution < -0.4 is 10.1 Å². The standard InChI is InChI=1S/C21H24N2O2/c1-14(2)25-18-10-8-16(9-11-18)15(3)23-21(24)12-17-13-22-20-7-5-4-6-19(17)20/h4-11,13-15,22H,12H2,1-3H3,(H,23,24). The van der Waals surface area contributed by atoms with Gasteiger partial charge in [0.25, 0.3) is 0 Å². The molecule has 0 fully saturated rings. The summed E-state index contributed by atoms with van der Waals surface area (Å²) in [6.45, 7) is 5.99. The Morgan fingerprint density at radius 3 is 2.52 bits per heavy atom. The maximum atomic E-state index is 12.4. The van der Waals surface area contributed by atoms with Crippen molar-refractivity contribution in [2.75, 3.05) is 0 Å². The van der Waals surface area contributed by atoms with E-state index in [-0.39, 0.29) is 18.1 Å². The number of para-hydroxylation sites is 1. The van der Waals surface area contributed by atoms with Gasteiger partial charge in [0.2, 0.25) is 5.91 Å². The minimum absolute atomic E-state index is 0.0137. The first kappa shape index (κ1) is 17.1. The lowest BCUT2D eigenvalue weighted by molar-refractivity contribution is -0.121. The number of amides is 1. The van der Waals surface area contributed by atoms with Gasteiger partial charge in [0, 0.05) is 17.1 Å². The number of nitrogens with one attached hydrogen (secondary N) is 2. The Kier molecular flexibility index (Phi) is 5.08. The molecule has 1 atom stereocenters. The van der Waals surface area contributed by atoms with Crippen LogP contribution in [-0.4, -0.2) is 17.0 Å². The van der Waals surface area contributed by atoms with Crippen molar-refractivity contribution in [2.24, 2.45) is 0 Å². The third kappa shape index (κ3) is 4.21. The highest BCUT2D eigenvalue weighted by molar-refractivity contribution is 5.88. The van der Waals surface area contributed by atoms with Gasteiger partial charge < -0.3 is 15.0 Å². The van der Waals surface area contributed by atoms with Crippen LogP contribution in [0.4, 0.5) is 0 Å². The monoisotopic (exact) mass is 336 g/mol. The second kappa shape index (κ2) is 7.43. The van der Waals surface area contributed by atoms with E-state index in [1.54, 1.807) is 0 Å². The summed E-state index contributed by atoms with van der Waals surface area (Å²) in [4.78, 5) is 15.6. The van der Waals surface area contributed by atoms with E-state index in [9.17, 15) is 4.79 Å². The van der Waals surface area contributed by atoms with Crippen molar-refractivity contribution >= 4 is 16.8 Å². The topological polar surface area (TPSA) is 54.1 Å². The number of benzene rings is 2. The number of rotatable bonds is 6. The predicted molar refractivity (Wildman–Crippen MR) is 101 cm³/mol. The Labute approximate surface area is 148 Å². The SMILES string of the molecule is CC(C)Oc1ccc(C(C)NC(=O)Cc2c[nH]c3ccccc23)cc1. The maximum absolute atomic E-state index is 12.4. The van der Waals surface area contributed by atoms with Gasteiger partial charge in [-0.15, -0.1) is 0 Å². The van der Waals surface area contributed by atoms with E-state index in [2.05, 4.69) is 10.3 Å². The number of hydrogen-bond donors (Lipinski definition) is 2. The third-order valence-electron chi connectivity index (χ3n) is 4.16. The average molecular weight is 336 g/mol. The van der Waals surface area contributed by atoms with Crippen molar-refractivity contribution in [2.45, 2.75) is 39.3 Å². The van der Waals surface area contributed by atoms with Crippen molar-refractivity contribution in [3.05, 3.63) is 65.9 Å². The van der Waals surface area contributed by atoms with E-state index in [4.69, 9.17) is 4.74 Å². The molecule has 0 aliphatic rings. The van der Waals surface area contributed by atoms with Crippen LogP contribution in [-0.2, 0) is 11.2 Å². The lowest BCUT2D eigenvalue weighted by atomic mass is 10.1. The Morgan fingerprint density at radius 1 is 1.08 bits per heavy atom. The molecule has 1 aromatic heterocycles. The number of carbonyl (C=O) groups excluding carboxylic acids is 1. The molecular formula is C21H24N2O2. The van der Waals surface area contributed by atoms with Crippen LogP contribution >= 0.6 is 0 Å². The lowest BCUT2D eigenvalue weighted by Gasteiger charge is -2.15. The largest absolute Gasteiger partial charge is 0.491 e. The summed E-state index contributed by atoms with van der Waals surface area (Å²) in [5.74, 6) is 0.857. The van der Waals surface area contributed by atoms with Crippen LogP contribution in [0, 0.1) is 0 Å². The van der Waals surface area contributed by atoms with Crippen molar-refractivity contribution in [1.29, 1.82) is 0 Å². The highest BCUT2D eigenvalue weighted by Gasteiger charge is 2.12. The van der Waals surface area contributed by atoms with E-state index in [0.717, 1.165) is 27.8 Å². The van der Waals surface area contributed by atoms with Crippen molar-refractivity contribution in [3.8, 4) is 5.75 Å². The molecule has 0 saturated heterocycles. The van der Waals surface area contributed by atoms with Crippen LogP contribution in [0.2, 0.25) is 0 Å². The molecule has 0 bridgehead atoms. The van der Waals surface area contributed by atoms with E-state index >= 15 is 0 Å². The molecule has 4 heteroatoms. The zero-order valence-electron chi connectivity index (χ0n) is 14.9. The third-order valence-corrected chi connectivity index (χ3v) is 4.16. The molecule has 0 saturated carbocycles. The zero-order valence-corrected chi connectivity index (χ0v) is 14.9. The number of ether oxygens (including phenoxy) is 1. The fraction of sp³-hybridized carbons (Fsp3) is 0.286. The molecule has 25 heavy (non-hydrogen) atoms. The molecular weight excluding hydrogens is 312 g/mol. The zero-order chi connectivity index (χ0) is 17.8. The summed E-state index contributed by atoms with van der Waals surface area (Å²) in [5.41, 5.74) is 3.13. The highest BCUT2D eigenvalue weighted by atomic mass is 16.5. The molecule has 2 aromatic carbocycles. The molecule has 0 radical (unpaired) electrons. The molecule has 0 aliphatic carbocycles. The number of aromatic nitrogens is 1. The van der Waals surface area contributed by atoms with Crippen LogP contribution in [0.25, 0.3) is 10.9 Å². The van der Waals surface area contributed by atoms with Gasteiger partial charge in [0.15, 0.2) is 0 Å². The first-order valence-corrected chi connectivity index (χ1v) is 8.64. The fourth-order valence-electron chi connectivity index (χ4n) is 2.93. The normalized spacial score (nSPS) is 12.3. The van der Waals surface area contributed by atoms with Gasteiger partial charge in [-0.25, -0.2) is 0 Å². The number of carbonyl (C=O) groups is 1. The minimum Gasteiger partial charge on any atom is -0.491 e. The van der Waals surface area contributed by atoms with Crippen LogP contribution in [0.5, 0.6) is 5.75 Å². The highest BCUT2D eigenvalue weighted by Crippen LogP contribution is 2.20. The first-order valence-electron chi connectivity index (χ1n) is 8.64. The average Bonchev–Trinajstić information content (AvgIpc) is 2.98. The molecule has 3 rings (SSSR count). The molecule has 1 heterocycles. The van der Waals surface area contributed by atoms with Gasteiger partial charge in [0.05, 0.1) is 18.6 Å². The molecule has 3 aromatic rings. The molecule has 1 amide bonds. The summed E-state index contributed by atoms with van der Waals surface area (Å²) in [5, 5.41) is 4.16. The summed E-state index contributed by atoms with van der Waals surface area (Å²) in [7, 11) is 0. The molecule has 4 nitrogen and oxygen atoms in total. The molecule has 0 spiro atoms. The Balaban J connectivity index is 1.62. The van der Waals surface area contributed by atoms with E-state index in [1.165, 1.54) is 0 Å². The van der Waals surface area contributed by atoms with Gasteiger partial charge >= 0.3 is 0 Å². The number of hydrogen-bond acceptors (Lipinski definition) is 2. The second-order valence-corrected chi connectivity index (χ2v) is 6.56. The number of aromatic amines is 1. The second-order valence-electron chi connectivity index (χ2n) is 6.56. The van der Waals surface area contributed by atoms with Crippen molar-refractivity contribution in [1.82, 2.24) is 10.3 Å². The van der Waals surface area contributed by atoms with E-state index in [0.29, 0.717) is 6.42 Å². The van der Waals surface area contributed by atoms with Crippen molar-refractivity contribution in [3.63, 3.8) is 0 Å². The Hall–Kier alpha value is -2.75. The minimum atomic E-state index is -0.0502. The summed E-state index contributed by atoms with van der Waals surface area (Å²) >= 11 is 0. The van der Waals surface area contributed by atoms with E-state index in [1.807, 2.05) is 75.5 Å². The maximum Gasteiger partial charge on any atom is 0.224 e. The summed E-state index contributed by atoms with van der Waals surface area (Å²) in [6, 6.07) is 15.8. The number of fused-ring (bicyclic) bond motifs is 1. The van der Waals surface area contributed by atoms with Gasteiger partial charge in [-0.3, -0.25) is 4.79 Å². The van der Waals surface area contributed by atoms with Crippen LogP contribution in [0.3, 0.4) is 0 Å². The van der Waals surface area contributed by atoms with Crippen LogP contribution in [0.1, 0.15) is 37.9 Å². The molecule has 1 unspecified atom stereocenters. The predicted octanol–water partition coefficient (Wildman–Crippen LogP) is 4.38.